The number of aromatic nitrogens is 1. The minimum absolute atomic E-state index is 0.108. The van der Waals surface area contributed by atoms with E-state index in [4.69, 9.17) is 20.5 Å². The molecule has 1 N–H and O–H groups in total. The number of amides is 2. The monoisotopic (exact) mass is 373 g/mol. The van der Waals surface area contributed by atoms with Crippen molar-refractivity contribution >= 4 is 23.4 Å². The molecule has 0 spiro atoms. The number of halogens is 1. The van der Waals surface area contributed by atoms with E-state index in [1.54, 1.807) is 36.4 Å². The predicted molar refractivity (Wildman–Crippen MR) is 94.5 cm³/mol. The lowest BCUT2D eigenvalue weighted by molar-refractivity contribution is -0.121. The number of carbonyl (C=O) groups is 2. The van der Waals surface area contributed by atoms with Gasteiger partial charge >= 0.3 is 0 Å². The van der Waals surface area contributed by atoms with Crippen molar-refractivity contribution in [2.45, 2.75) is 6.54 Å². The van der Waals surface area contributed by atoms with Crippen molar-refractivity contribution in [2.24, 2.45) is 0 Å². The largest absolute Gasteiger partial charge is 0.467 e. The van der Waals surface area contributed by atoms with Crippen molar-refractivity contribution in [2.75, 3.05) is 13.6 Å². The number of furan rings is 1. The van der Waals surface area contributed by atoms with Crippen molar-refractivity contribution in [3.63, 3.8) is 0 Å². The second-order valence-corrected chi connectivity index (χ2v) is 6.04. The van der Waals surface area contributed by atoms with E-state index in [2.05, 4.69) is 10.5 Å². The standard InChI is InChI=1S/C18H16ClN3O4/c1-22(11-17(23)20-10-14-3-2-8-25-14)18(24)15-9-16(26-21-15)12-4-6-13(19)7-5-12/h2-9H,10-11H2,1H3,(H,20,23). The molecule has 3 aromatic rings. The molecule has 1 aromatic carbocycles. The quantitative estimate of drug-likeness (QED) is 0.717. The molecule has 0 aliphatic rings. The van der Waals surface area contributed by atoms with E-state index in [-0.39, 0.29) is 24.7 Å². The predicted octanol–water partition coefficient (Wildman–Crippen LogP) is 2.98. The lowest BCUT2D eigenvalue weighted by Crippen LogP contribution is -2.38. The van der Waals surface area contributed by atoms with Gasteiger partial charge in [-0.2, -0.15) is 0 Å². The molecule has 3 rings (SSSR count). The summed E-state index contributed by atoms with van der Waals surface area (Å²) in [5.74, 6) is 0.359. The molecule has 2 heterocycles. The fourth-order valence-corrected chi connectivity index (χ4v) is 2.39. The Kier molecular flexibility index (Phi) is 5.38. The van der Waals surface area contributed by atoms with E-state index < -0.39 is 5.91 Å². The van der Waals surface area contributed by atoms with Gasteiger partial charge in [0.25, 0.3) is 5.91 Å². The van der Waals surface area contributed by atoms with E-state index in [1.807, 2.05) is 0 Å². The van der Waals surface area contributed by atoms with E-state index >= 15 is 0 Å². The Balaban J connectivity index is 1.58. The van der Waals surface area contributed by atoms with Gasteiger partial charge in [-0.15, -0.1) is 0 Å². The van der Waals surface area contributed by atoms with E-state index in [1.165, 1.54) is 24.3 Å². The van der Waals surface area contributed by atoms with Gasteiger partial charge in [0.2, 0.25) is 5.91 Å². The molecule has 0 saturated heterocycles. The molecule has 0 saturated carbocycles. The molecule has 0 aliphatic heterocycles. The van der Waals surface area contributed by atoms with Crippen LogP contribution >= 0.6 is 11.6 Å². The molecule has 0 bridgehead atoms. The topological polar surface area (TPSA) is 88.6 Å². The number of nitrogens with zero attached hydrogens (tertiary/aromatic N) is 2. The first-order valence-corrected chi connectivity index (χ1v) is 8.18. The van der Waals surface area contributed by atoms with Gasteiger partial charge in [0, 0.05) is 23.7 Å². The Morgan fingerprint density at radius 2 is 2.00 bits per heavy atom. The van der Waals surface area contributed by atoms with Crippen molar-refractivity contribution in [1.29, 1.82) is 0 Å². The van der Waals surface area contributed by atoms with Crippen molar-refractivity contribution < 1.29 is 18.5 Å². The number of hydrogen-bond donors (Lipinski definition) is 1. The first-order valence-electron chi connectivity index (χ1n) is 7.80. The SMILES string of the molecule is CN(CC(=O)NCc1ccco1)C(=O)c1cc(-c2ccc(Cl)cc2)on1. The summed E-state index contributed by atoms with van der Waals surface area (Å²) in [6.45, 7) is 0.154. The molecule has 8 heteroatoms. The normalized spacial score (nSPS) is 10.5. The number of hydrogen-bond acceptors (Lipinski definition) is 5. The summed E-state index contributed by atoms with van der Waals surface area (Å²) < 4.78 is 10.3. The summed E-state index contributed by atoms with van der Waals surface area (Å²) in [4.78, 5) is 25.6. The van der Waals surface area contributed by atoms with Crippen LogP contribution in [0.4, 0.5) is 0 Å². The summed E-state index contributed by atoms with van der Waals surface area (Å²) in [7, 11) is 1.52. The zero-order valence-corrected chi connectivity index (χ0v) is 14.7. The molecular weight excluding hydrogens is 358 g/mol. The zero-order chi connectivity index (χ0) is 18.5. The average Bonchev–Trinajstić information content (AvgIpc) is 3.32. The van der Waals surface area contributed by atoms with Crippen LogP contribution in [0.3, 0.4) is 0 Å². The maximum Gasteiger partial charge on any atom is 0.276 e. The Bertz CT molecular complexity index is 888. The van der Waals surface area contributed by atoms with Crippen LogP contribution in [-0.4, -0.2) is 35.5 Å². The molecule has 7 nitrogen and oxygen atoms in total. The van der Waals surface area contributed by atoms with Crippen molar-refractivity contribution in [3.8, 4) is 11.3 Å². The third-order valence-electron chi connectivity index (χ3n) is 3.63. The maximum atomic E-state index is 12.4. The molecule has 2 aromatic heterocycles. The number of carbonyl (C=O) groups excluding carboxylic acids is 2. The van der Waals surface area contributed by atoms with Crippen LogP contribution < -0.4 is 5.32 Å². The number of rotatable bonds is 6. The summed E-state index contributed by atoms with van der Waals surface area (Å²) >= 11 is 5.85. The smallest absolute Gasteiger partial charge is 0.276 e. The molecule has 0 atom stereocenters. The molecule has 0 fully saturated rings. The summed E-state index contributed by atoms with van der Waals surface area (Å²) in [5.41, 5.74) is 0.871. The lowest BCUT2D eigenvalue weighted by Gasteiger charge is -2.14. The fourth-order valence-electron chi connectivity index (χ4n) is 2.26. The minimum Gasteiger partial charge on any atom is -0.467 e. The lowest BCUT2D eigenvalue weighted by atomic mass is 10.1. The van der Waals surface area contributed by atoms with E-state index in [9.17, 15) is 9.59 Å². The number of likely N-dealkylation sites (N-methyl/N-ethyl adjacent to an activating group) is 1. The van der Waals surface area contributed by atoms with Crippen LogP contribution in [0.15, 0.2) is 57.7 Å². The Morgan fingerprint density at radius 3 is 2.69 bits per heavy atom. The van der Waals surface area contributed by atoms with Crippen LogP contribution in [0, 0.1) is 0 Å². The van der Waals surface area contributed by atoms with Gasteiger partial charge in [-0.25, -0.2) is 0 Å². The van der Waals surface area contributed by atoms with Gasteiger partial charge in [-0.1, -0.05) is 16.8 Å². The fraction of sp³-hybridized carbons (Fsp3) is 0.167. The summed E-state index contributed by atoms with van der Waals surface area (Å²) in [6.07, 6.45) is 1.53. The Morgan fingerprint density at radius 1 is 1.23 bits per heavy atom. The highest BCUT2D eigenvalue weighted by Gasteiger charge is 2.19. The van der Waals surface area contributed by atoms with Gasteiger partial charge in [-0.05, 0) is 36.4 Å². The molecule has 2 amide bonds. The highest BCUT2D eigenvalue weighted by atomic mass is 35.5. The summed E-state index contributed by atoms with van der Waals surface area (Å²) in [5, 5.41) is 7.06. The number of nitrogens with one attached hydrogen (secondary N) is 1. The second-order valence-electron chi connectivity index (χ2n) is 5.60. The van der Waals surface area contributed by atoms with Crippen LogP contribution in [0.2, 0.25) is 5.02 Å². The highest BCUT2D eigenvalue weighted by Crippen LogP contribution is 2.22. The van der Waals surface area contributed by atoms with Gasteiger partial charge in [0.1, 0.15) is 5.76 Å². The zero-order valence-electron chi connectivity index (χ0n) is 13.9. The maximum absolute atomic E-state index is 12.4. The van der Waals surface area contributed by atoms with Crippen LogP contribution in [0.5, 0.6) is 0 Å². The van der Waals surface area contributed by atoms with Crippen LogP contribution in [-0.2, 0) is 11.3 Å². The second kappa shape index (κ2) is 7.88. The molecule has 134 valence electrons. The van der Waals surface area contributed by atoms with Gasteiger partial charge in [-0.3, -0.25) is 9.59 Å². The molecular formula is C18H16ClN3O4. The van der Waals surface area contributed by atoms with E-state index in [0.29, 0.717) is 16.5 Å². The van der Waals surface area contributed by atoms with Gasteiger partial charge < -0.3 is 19.2 Å². The van der Waals surface area contributed by atoms with Crippen LogP contribution in [0.1, 0.15) is 16.2 Å². The number of benzene rings is 1. The first kappa shape index (κ1) is 17.8. The molecule has 0 aliphatic carbocycles. The van der Waals surface area contributed by atoms with E-state index in [0.717, 1.165) is 5.56 Å². The molecule has 26 heavy (non-hydrogen) atoms. The third kappa shape index (κ3) is 4.31. The van der Waals surface area contributed by atoms with Gasteiger partial charge in [0.05, 0.1) is 19.4 Å². The highest BCUT2D eigenvalue weighted by molar-refractivity contribution is 6.30. The summed E-state index contributed by atoms with van der Waals surface area (Å²) in [6, 6.07) is 12.0. The van der Waals surface area contributed by atoms with Crippen LogP contribution in [0.25, 0.3) is 11.3 Å². The Labute approximate surface area is 154 Å². The average molecular weight is 374 g/mol. The van der Waals surface area contributed by atoms with Crippen molar-refractivity contribution in [3.05, 3.63) is 65.2 Å². The minimum atomic E-state index is -0.415. The van der Waals surface area contributed by atoms with Crippen molar-refractivity contribution in [1.82, 2.24) is 15.4 Å². The Hall–Kier alpha value is -3.06. The third-order valence-corrected chi connectivity index (χ3v) is 3.88. The van der Waals surface area contributed by atoms with Gasteiger partial charge in [0.15, 0.2) is 11.5 Å². The molecule has 0 unspecified atom stereocenters. The molecule has 0 radical (unpaired) electrons. The first-order chi connectivity index (χ1) is 12.5.